The van der Waals surface area contributed by atoms with Gasteiger partial charge in [0, 0.05) is 18.2 Å². The number of aliphatic imine (C=N–C) groups is 1. The number of carboxylic acids is 1. The summed E-state index contributed by atoms with van der Waals surface area (Å²) in [6.45, 7) is 1.39. The molecule has 2 N–H and O–H groups in total. The van der Waals surface area contributed by atoms with Crippen molar-refractivity contribution in [3.05, 3.63) is 48.2 Å². The van der Waals surface area contributed by atoms with Crippen LogP contribution in [0.15, 0.2) is 52.5 Å². The molecular formula is C18H19N3O6S. The molecule has 0 atom stereocenters. The maximum Gasteiger partial charge on any atom is 0.303 e. The molecule has 0 aliphatic carbocycles. The first-order chi connectivity index (χ1) is 13.2. The molecule has 0 saturated carbocycles. The highest BCUT2D eigenvalue weighted by Crippen LogP contribution is 2.20. The van der Waals surface area contributed by atoms with Crippen LogP contribution < -0.4 is 4.72 Å². The predicted molar refractivity (Wildman–Crippen MR) is 102 cm³/mol. The molecule has 0 fully saturated rings. The lowest BCUT2D eigenvalue weighted by Gasteiger charge is -2.08. The third kappa shape index (κ3) is 5.88. The molecular weight excluding hydrogens is 386 g/mol. The average Bonchev–Trinajstić information content (AvgIpc) is 2.65. The summed E-state index contributed by atoms with van der Waals surface area (Å²) >= 11 is 0. The highest BCUT2D eigenvalue weighted by Gasteiger charge is 2.15. The Hall–Kier alpha value is -3.27. The predicted octanol–water partition coefficient (Wildman–Crippen LogP) is 2.63. The number of sulfonamides is 1. The van der Waals surface area contributed by atoms with E-state index in [1.165, 1.54) is 56.6 Å². The minimum Gasteiger partial charge on any atom is -0.484 e. The molecule has 1 aromatic carbocycles. The average molecular weight is 405 g/mol. The zero-order valence-electron chi connectivity index (χ0n) is 15.2. The van der Waals surface area contributed by atoms with E-state index in [0.29, 0.717) is 11.3 Å². The number of hydrogen-bond acceptors (Lipinski definition) is 7. The molecule has 2 rings (SSSR count). The van der Waals surface area contributed by atoms with Crippen LogP contribution in [0, 0.1) is 0 Å². The zero-order valence-corrected chi connectivity index (χ0v) is 16.1. The van der Waals surface area contributed by atoms with Crippen molar-refractivity contribution in [3.63, 3.8) is 0 Å². The minimum atomic E-state index is -3.87. The molecule has 0 bridgehead atoms. The van der Waals surface area contributed by atoms with Gasteiger partial charge in [-0.05, 0) is 43.3 Å². The third-order valence-corrected chi connectivity index (χ3v) is 4.97. The molecule has 0 radical (unpaired) electrons. The van der Waals surface area contributed by atoms with E-state index in [1.54, 1.807) is 0 Å². The second kappa shape index (κ2) is 9.09. The number of carbonyl (C=O) groups is 2. The standard InChI is InChI=1S/C18H19N3O6S/c1-12(22)13-3-8-16(19-11-13)21-28(25,26)15-6-4-14(5-7-15)20-17(27-2)9-10-18(23)24/h3-8,11H,9-10H2,1-2H3,(H,19,21)(H,23,24). The van der Waals surface area contributed by atoms with Crippen molar-refractivity contribution in [1.29, 1.82) is 0 Å². The monoisotopic (exact) mass is 405 g/mol. The SMILES string of the molecule is COC(CCC(=O)O)=Nc1ccc(S(=O)(=O)Nc2ccc(C(C)=O)cn2)cc1. The summed E-state index contributed by atoms with van der Waals surface area (Å²) < 4.78 is 32.2. The van der Waals surface area contributed by atoms with Crippen molar-refractivity contribution >= 4 is 39.2 Å². The smallest absolute Gasteiger partial charge is 0.303 e. The molecule has 10 heteroatoms. The number of rotatable bonds is 8. The summed E-state index contributed by atoms with van der Waals surface area (Å²) in [5.41, 5.74) is 0.798. The van der Waals surface area contributed by atoms with Crippen molar-refractivity contribution in [3.8, 4) is 0 Å². The van der Waals surface area contributed by atoms with Gasteiger partial charge in [0.1, 0.15) is 5.82 Å². The van der Waals surface area contributed by atoms with Crippen molar-refractivity contribution in [1.82, 2.24) is 4.98 Å². The number of aliphatic carboxylic acids is 1. The van der Waals surface area contributed by atoms with Gasteiger partial charge in [0.25, 0.3) is 10.0 Å². The summed E-state index contributed by atoms with van der Waals surface area (Å²) in [6, 6.07) is 8.54. The Morgan fingerprint density at radius 2 is 1.82 bits per heavy atom. The van der Waals surface area contributed by atoms with Crippen molar-refractivity contribution in [2.75, 3.05) is 11.8 Å². The number of carbonyl (C=O) groups excluding carboxylic acids is 1. The Morgan fingerprint density at radius 3 is 2.32 bits per heavy atom. The number of hydrogen-bond donors (Lipinski definition) is 2. The number of Topliss-reactive ketones (excluding diaryl/α,β-unsaturated/α-hetero) is 1. The fraction of sp³-hybridized carbons (Fsp3) is 0.222. The summed E-state index contributed by atoms with van der Waals surface area (Å²) in [5, 5.41) is 8.71. The number of benzene rings is 1. The fourth-order valence-electron chi connectivity index (χ4n) is 2.12. The van der Waals surface area contributed by atoms with Gasteiger partial charge in [-0.3, -0.25) is 14.3 Å². The summed E-state index contributed by atoms with van der Waals surface area (Å²) in [5.74, 6) is -0.827. The van der Waals surface area contributed by atoms with E-state index in [1.807, 2.05) is 0 Å². The molecule has 2 aromatic rings. The molecule has 0 spiro atoms. The van der Waals surface area contributed by atoms with Crippen LogP contribution in [0.25, 0.3) is 0 Å². The summed E-state index contributed by atoms with van der Waals surface area (Å²) in [4.78, 5) is 29.9. The molecule has 148 valence electrons. The van der Waals surface area contributed by atoms with Crippen LogP contribution in [-0.4, -0.2) is 43.3 Å². The molecule has 1 heterocycles. The minimum absolute atomic E-state index is 0.00611. The number of aromatic nitrogens is 1. The lowest BCUT2D eigenvalue weighted by Crippen LogP contribution is -2.14. The van der Waals surface area contributed by atoms with Crippen LogP contribution in [0.3, 0.4) is 0 Å². The number of ketones is 1. The van der Waals surface area contributed by atoms with Crippen LogP contribution in [0.2, 0.25) is 0 Å². The Balaban J connectivity index is 2.14. The van der Waals surface area contributed by atoms with E-state index >= 15 is 0 Å². The van der Waals surface area contributed by atoms with Gasteiger partial charge in [-0.2, -0.15) is 0 Å². The first-order valence-electron chi connectivity index (χ1n) is 8.14. The quantitative estimate of drug-likeness (QED) is 0.391. The van der Waals surface area contributed by atoms with Gasteiger partial charge < -0.3 is 9.84 Å². The largest absolute Gasteiger partial charge is 0.484 e. The second-order valence-corrected chi connectivity index (χ2v) is 7.37. The van der Waals surface area contributed by atoms with E-state index in [4.69, 9.17) is 9.84 Å². The molecule has 0 aliphatic heterocycles. The summed E-state index contributed by atoms with van der Waals surface area (Å²) in [7, 11) is -2.49. The van der Waals surface area contributed by atoms with Gasteiger partial charge in [0.2, 0.25) is 0 Å². The molecule has 0 amide bonds. The third-order valence-electron chi connectivity index (χ3n) is 3.60. The van der Waals surface area contributed by atoms with Crippen LogP contribution in [0.4, 0.5) is 11.5 Å². The second-order valence-electron chi connectivity index (χ2n) is 5.69. The van der Waals surface area contributed by atoms with Crippen molar-refractivity contribution in [2.45, 2.75) is 24.7 Å². The zero-order chi connectivity index (χ0) is 20.7. The molecule has 0 aliphatic rings. The summed E-state index contributed by atoms with van der Waals surface area (Å²) in [6.07, 6.45) is 1.29. The van der Waals surface area contributed by atoms with Crippen LogP contribution in [-0.2, 0) is 19.6 Å². The molecule has 9 nitrogen and oxygen atoms in total. The lowest BCUT2D eigenvalue weighted by molar-refractivity contribution is -0.136. The van der Waals surface area contributed by atoms with E-state index < -0.39 is 16.0 Å². The lowest BCUT2D eigenvalue weighted by atomic mass is 10.2. The van der Waals surface area contributed by atoms with E-state index in [9.17, 15) is 18.0 Å². The van der Waals surface area contributed by atoms with Crippen molar-refractivity contribution < 1.29 is 27.9 Å². The van der Waals surface area contributed by atoms with Gasteiger partial charge in [0.15, 0.2) is 11.7 Å². The number of methoxy groups -OCH3 is 1. The number of nitrogens with zero attached hydrogens (tertiary/aromatic N) is 2. The van der Waals surface area contributed by atoms with Gasteiger partial charge in [0.05, 0.1) is 24.1 Å². The topological polar surface area (TPSA) is 135 Å². The maximum atomic E-state index is 12.4. The van der Waals surface area contributed by atoms with Crippen LogP contribution in [0.1, 0.15) is 30.1 Å². The first kappa shape index (κ1) is 21.0. The number of ether oxygens (including phenoxy) is 1. The van der Waals surface area contributed by atoms with Gasteiger partial charge in [-0.15, -0.1) is 0 Å². The Kier molecular flexibility index (Phi) is 6.83. The van der Waals surface area contributed by atoms with Gasteiger partial charge in [-0.25, -0.2) is 18.4 Å². The highest BCUT2D eigenvalue weighted by molar-refractivity contribution is 7.92. The number of anilines is 1. The number of nitrogens with one attached hydrogen (secondary N) is 1. The van der Waals surface area contributed by atoms with Gasteiger partial charge in [-0.1, -0.05) is 0 Å². The van der Waals surface area contributed by atoms with E-state index in [-0.39, 0.29) is 35.2 Å². The van der Waals surface area contributed by atoms with Crippen LogP contribution in [0.5, 0.6) is 0 Å². The van der Waals surface area contributed by atoms with Crippen LogP contribution >= 0.6 is 0 Å². The molecule has 0 saturated heterocycles. The van der Waals surface area contributed by atoms with Crippen molar-refractivity contribution in [2.24, 2.45) is 4.99 Å². The molecule has 0 unspecified atom stereocenters. The number of carboxylic acid groups (broad SMARTS) is 1. The fourth-order valence-corrected chi connectivity index (χ4v) is 3.13. The highest BCUT2D eigenvalue weighted by atomic mass is 32.2. The molecule has 28 heavy (non-hydrogen) atoms. The number of pyridine rings is 1. The van der Waals surface area contributed by atoms with Gasteiger partial charge >= 0.3 is 5.97 Å². The Morgan fingerprint density at radius 1 is 1.14 bits per heavy atom. The Bertz CT molecular complexity index is 983. The first-order valence-corrected chi connectivity index (χ1v) is 9.63. The Labute approximate surface area is 162 Å². The normalized spacial score (nSPS) is 11.7. The molecule has 1 aromatic heterocycles. The van der Waals surface area contributed by atoms with E-state index in [0.717, 1.165) is 0 Å². The maximum absolute atomic E-state index is 12.4. The van der Waals surface area contributed by atoms with E-state index in [2.05, 4.69) is 14.7 Å².